The summed E-state index contributed by atoms with van der Waals surface area (Å²) in [6.45, 7) is 2.50. The fraction of sp³-hybridized carbons (Fsp3) is 0.280. The lowest BCUT2D eigenvalue weighted by Crippen LogP contribution is -2.38. The highest BCUT2D eigenvalue weighted by Gasteiger charge is 2.18. The first-order valence-electron chi connectivity index (χ1n) is 10.5. The predicted molar refractivity (Wildman–Crippen MR) is 121 cm³/mol. The van der Waals surface area contributed by atoms with Gasteiger partial charge in [0.15, 0.2) is 0 Å². The zero-order valence-electron chi connectivity index (χ0n) is 18.0. The molecule has 0 saturated carbocycles. The number of hydrogen-bond acceptors (Lipinski definition) is 4. The molecule has 0 saturated heterocycles. The Kier molecular flexibility index (Phi) is 7.87. The molecule has 0 spiro atoms. The molecule has 31 heavy (non-hydrogen) atoms. The second kappa shape index (κ2) is 11.0. The van der Waals surface area contributed by atoms with Crippen molar-refractivity contribution in [2.45, 2.75) is 26.2 Å². The number of carbonyl (C=O) groups is 2. The summed E-state index contributed by atoms with van der Waals surface area (Å²) < 4.78 is 11.1. The summed E-state index contributed by atoms with van der Waals surface area (Å²) in [6.07, 6.45) is 1.54. The average molecular weight is 421 g/mol. The van der Waals surface area contributed by atoms with Gasteiger partial charge in [0, 0.05) is 24.9 Å². The Hall–Kier alpha value is -3.54. The van der Waals surface area contributed by atoms with Crippen molar-refractivity contribution in [2.75, 3.05) is 25.5 Å². The molecule has 6 nitrogen and oxygen atoms in total. The third-order valence-electron chi connectivity index (χ3n) is 4.87. The number of aryl methyl sites for hydroxylation is 1. The molecule has 0 unspecified atom stereocenters. The number of benzene rings is 2. The van der Waals surface area contributed by atoms with Gasteiger partial charge in [-0.25, -0.2) is 0 Å². The summed E-state index contributed by atoms with van der Waals surface area (Å²) >= 11 is 0. The first kappa shape index (κ1) is 22.2. The van der Waals surface area contributed by atoms with E-state index in [-0.39, 0.29) is 24.8 Å². The van der Waals surface area contributed by atoms with E-state index in [9.17, 15) is 9.59 Å². The molecule has 0 aliphatic carbocycles. The lowest BCUT2D eigenvalue weighted by Gasteiger charge is -2.22. The van der Waals surface area contributed by atoms with Gasteiger partial charge in [-0.3, -0.25) is 9.59 Å². The molecule has 0 radical (unpaired) electrons. The monoisotopic (exact) mass is 420 g/mol. The van der Waals surface area contributed by atoms with Crippen LogP contribution in [0.25, 0.3) is 11.3 Å². The predicted octanol–water partition coefficient (Wildman–Crippen LogP) is 4.77. The zero-order chi connectivity index (χ0) is 22.1. The smallest absolute Gasteiger partial charge is 0.244 e. The van der Waals surface area contributed by atoms with Crippen molar-refractivity contribution in [3.05, 3.63) is 72.5 Å². The molecule has 162 valence electrons. The molecular formula is C25H28N2O4. The molecule has 0 fully saturated rings. The van der Waals surface area contributed by atoms with E-state index >= 15 is 0 Å². The van der Waals surface area contributed by atoms with Crippen LogP contribution in [0.5, 0.6) is 5.75 Å². The number of hydrogen-bond donors (Lipinski definition) is 1. The van der Waals surface area contributed by atoms with Gasteiger partial charge in [-0.2, -0.15) is 0 Å². The highest BCUT2D eigenvalue weighted by Crippen LogP contribution is 2.24. The Balaban J connectivity index is 1.56. The maximum Gasteiger partial charge on any atom is 0.244 e. The van der Waals surface area contributed by atoms with Crippen LogP contribution < -0.4 is 10.1 Å². The van der Waals surface area contributed by atoms with Gasteiger partial charge in [0.2, 0.25) is 11.8 Å². The van der Waals surface area contributed by atoms with E-state index in [1.807, 2.05) is 61.5 Å². The Morgan fingerprint density at radius 2 is 1.74 bits per heavy atom. The Bertz CT molecular complexity index is 998. The molecule has 3 aromatic rings. The fourth-order valence-electron chi connectivity index (χ4n) is 3.33. The number of rotatable bonds is 10. The van der Waals surface area contributed by atoms with Gasteiger partial charge in [0.1, 0.15) is 17.3 Å². The van der Waals surface area contributed by atoms with Crippen LogP contribution >= 0.6 is 0 Å². The molecule has 6 heteroatoms. The maximum absolute atomic E-state index is 12.8. The van der Waals surface area contributed by atoms with Crippen molar-refractivity contribution < 1.29 is 18.7 Å². The SMILES string of the molecule is CCCN(CC(=O)Nc1ccccc1OC)C(=O)CCc1ccc(-c2ccccc2)o1. The van der Waals surface area contributed by atoms with Gasteiger partial charge in [-0.15, -0.1) is 0 Å². The molecule has 0 aliphatic heterocycles. The summed E-state index contributed by atoms with van der Waals surface area (Å²) in [5.41, 5.74) is 1.59. The summed E-state index contributed by atoms with van der Waals surface area (Å²) in [7, 11) is 1.55. The number of nitrogens with one attached hydrogen (secondary N) is 1. The summed E-state index contributed by atoms with van der Waals surface area (Å²) in [4.78, 5) is 26.9. The van der Waals surface area contributed by atoms with Crippen molar-refractivity contribution in [3.63, 3.8) is 0 Å². The number of carbonyl (C=O) groups excluding carboxylic acids is 2. The van der Waals surface area contributed by atoms with Crippen molar-refractivity contribution in [1.82, 2.24) is 4.90 Å². The summed E-state index contributed by atoms with van der Waals surface area (Å²) in [5.74, 6) is 1.79. The third-order valence-corrected chi connectivity index (χ3v) is 4.87. The Morgan fingerprint density at radius 1 is 1.00 bits per heavy atom. The second-order valence-electron chi connectivity index (χ2n) is 7.20. The minimum atomic E-state index is -0.254. The molecular weight excluding hydrogens is 392 g/mol. The Labute approximate surface area is 182 Å². The van der Waals surface area contributed by atoms with E-state index in [1.165, 1.54) is 0 Å². The number of para-hydroxylation sites is 2. The third kappa shape index (κ3) is 6.22. The van der Waals surface area contributed by atoms with Crippen LogP contribution in [0.2, 0.25) is 0 Å². The summed E-state index contributed by atoms with van der Waals surface area (Å²) in [6, 6.07) is 20.8. The largest absolute Gasteiger partial charge is 0.495 e. The van der Waals surface area contributed by atoms with Gasteiger partial charge in [0.05, 0.1) is 19.3 Å². The number of anilines is 1. The minimum Gasteiger partial charge on any atom is -0.495 e. The van der Waals surface area contributed by atoms with Gasteiger partial charge >= 0.3 is 0 Å². The molecule has 1 N–H and O–H groups in total. The van der Waals surface area contributed by atoms with Gasteiger partial charge in [-0.1, -0.05) is 49.4 Å². The molecule has 0 bridgehead atoms. The molecule has 0 aliphatic rings. The molecule has 3 rings (SSSR count). The van der Waals surface area contributed by atoms with Crippen molar-refractivity contribution in [3.8, 4) is 17.1 Å². The topological polar surface area (TPSA) is 71.8 Å². The van der Waals surface area contributed by atoms with Crippen LogP contribution in [0.1, 0.15) is 25.5 Å². The standard InChI is InChI=1S/C25H28N2O4/c1-3-17-27(18-24(28)26-21-11-7-8-12-23(21)30-2)25(29)16-14-20-13-15-22(31-20)19-9-5-4-6-10-19/h4-13,15H,3,14,16-18H2,1-2H3,(H,26,28). The minimum absolute atomic E-state index is 0.00184. The van der Waals surface area contributed by atoms with Crippen LogP contribution in [-0.2, 0) is 16.0 Å². The van der Waals surface area contributed by atoms with Crippen molar-refractivity contribution in [1.29, 1.82) is 0 Å². The van der Waals surface area contributed by atoms with E-state index in [4.69, 9.17) is 9.15 Å². The molecule has 2 amide bonds. The number of ether oxygens (including phenoxy) is 1. The highest BCUT2D eigenvalue weighted by molar-refractivity contribution is 5.95. The van der Waals surface area contributed by atoms with Crippen LogP contribution in [0.4, 0.5) is 5.69 Å². The van der Waals surface area contributed by atoms with E-state index < -0.39 is 0 Å². The maximum atomic E-state index is 12.8. The lowest BCUT2D eigenvalue weighted by molar-refractivity contribution is -0.134. The molecule has 2 aromatic carbocycles. The first-order valence-corrected chi connectivity index (χ1v) is 10.5. The van der Waals surface area contributed by atoms with Gasteiger partial charge in [-0.05, 0) is 30.7 Å². The van der Waals surface area contributed by atoms with Crippen LogP contribution in [0, 0.1) is 0 Å². The van der Waals surface area contributed by atoms with Gasteiger partial charge < -0.3 is 19.4 Å². The zero-order valence-corrected chi connectivity index (χ0v) is 18.0. The second-order valence-corrected chi connectivity index (χ2v) is 7.20. The van der Waals surface area contributed by atoms with E-state index in [1.54, 1.807) is 24.1 Å². The highest BCUT2D eigenvalue weighted by atomic mass is 16.5. The van der Waals surface area contributed by atoms with Crippen LogP contribution in [-0.4, -0.2) is 36.9 Å². The average Bonchev–Trinajstić information content (AvgIpc) is 3.27. The molecule has 1 heterocycles. The molecule has 0 atom stereocenters. The van der Waals surface area contributed by atoms with Crippen molar-refractivity contribution in [2.24, 2.45) is 0 Å². The van der Waals surface area contributed by atoms with Gasteiger partial charge in [0.25, 0.3) is 0 Å². The van der Waals surface area contributed by atoms with Crippen LogP contribution in [0.15, 0.2) is 71.1 Å². The molecule has 1 aromatic heterocycles. The van der Waals surface area contributed by atoms with E-state index in [0.717, 1.165) is 23.5 Å². The fourth-order valence-corrected chi connectivity index (χ4v) is 3.33. The number of furan rings is 1. The Morgan fingerprint density at radius 3 is 2.48 bits per heavy atom. The lowest BCUT2D eigenvalue weighted by atomic mass is 10.2. The quantitative estimate of drug-likeness (QED) is 0.513. The summed E-state index contributed by atoms with van der Waals surface area (Å²) in [5, 5.41) is 2.82. The normalized spacial score (nSPS) is 10.5. The van der Waals surface area contributed by atoms with E-state index in [0.29, 0.717) is 24.4 Å². The first-order chi connectivity index (χ1) is 15.1. The van der Waals surface area contributed by atoms with Crippen molar-refractivity contribution >= 4 is 17.5 Å². The number of methoxy groups -OCH3 is 1. The number of amides is 2. The van der Waals surface area contributed by atoms with Crippen LogP contribution in [0.3, 0.4) is 0 Å². The van der Waals surface area contributed by atoms with E-state index in [2.05, 4.69) is 5.32 Å². The number of nitrogens with zero attached hydrogens (tertiary/aromatic N) is 1.